The highest BCUT2D eigenvalue weighted by atomic mass is 16.2. The van der Waals surface area contributed by atoms with Gasteiger partial charge in [-0.25, -0.2) is 4.98 Å². The van der Waals surface area contributed by atoms with Gasteiger partial charge in [0.2, 0.25) is 0 Å². The van der Waals surface area contributed by atoms with Gasteiger partial charge in [-0.15, -0.1) is 0 Å². The number of carbonyl (C=O) groups is 1. The van der Waals surface area contributed by atoms with Crippen molar-refractivity contribution < 1.29 is 4.79 Å². The first kappa shape index (κ1) is 13.9. The van der Waals surface area contributed by atoms with Crippen molar-refractivity contribution in [2.75, 3.05) is 18.8 Å². The molecule has 4 nitrogen and oxygen atoms in total. The van der Waals surface area contributed by atoms with Crippen molar-refractivity contribution in [3.05, 3.63) is 36.0 Å². The van der Waals surface area contributed by atoms with Gasteiger partial charge in [0.05, 0.1) is 5.56 Å². The van der Waals surface area contributed by atoms with Gasteiger partial charge in [0.1, 0.15) is 5.82 Å². The number of amides is 1. The van der Waals surface area contributed by atoms with Crippen LogP contribution in [0.2, 0.25) is 0 Å². The molecule has 1 aliphatic rings. The standard InChI is InChI=1S/C17H21N3O/c18-16-14-9-5-4-8-13(14)15(12-19-16)17(21)20-10-6-2-1-3-7-11-20/h4-5,8-9,12H,1-3,6-7,10-11H2,(H2,18,19). The van der Waals surface area contributed by atoms with Crippen molar-refractivity contribution in [3.63, 3.8) is 0 Å². The number of aromatic nitrogens is 1. The molecule has 1 amide bonds. The molecule has 1 aromatic carbocycles. The molecule has 0 atom stereocenters. The fourth-order valence-corrected chi connectivity index (χ4v) is 3.01. The zero-order valence-corrected chi connectivity index (χ0v) is 12.2. The third-order valence-corrected chi connectivity index (χ3v) is 4.20. The summed E-state index contributed by atoms with van der Waals surface area (Å²) in [4.78, 5) is 19.0. The molecule has 1 aromatic heterocycles. The van der Waals surface area contributed by atoms with E-state index in [1.54, 1.807) is 6.20 Å². The molecule has 0 bridgehead atoms. The van der Waals surface area contributed by atoms with E-state index in [-0.39, 0.29) is 5.91 Å². The molecule has 1 fully saturated rings. The quantitative estimate of drug-likeness (QED) is 0.874. The predicted molar refractivity (Wildman–Crippen MR) is 85.1 cm³/mol. The van der Waals surface area contributed by atoms with Crippen LogP contribution in [0.4, 0.5) is 5.82 Å². The Morgan fingerprint density at radius 2 is 1.62 bits per heavy atom. The number of nitrogens with two attached hydrogens (primary N) is 1. The summed E-state index contributed by atoms with van der Waals surface area (Å²) in [7, 11) is 0. The molecule has 3 rings (SSSR count). The van der Waals surface area contributed by atoms with Gasteiger partial charge in [0, 0.05) is 24.7 Å². The lowest BCUT2D eigenvalue weighted by Gasteiger charge is -2.25. The molecule has 0 saturated carbocycles. The van der Waals surface area contributed by atoms with Gasteiger partial charge >= 0.3 is 0 Å². The molecule has 2 heterocycles. The molecule has 4 heteroatoms. The van der Waals surface area contributed by atoms with Crippen LogP contribution in [-0.2, 0) is 0 Å². The first-order chi connectivity index (χ1) is 10.3. The maximum atomic E-state index is 12.8. The normalized spacial score (nSPS) is 16.5. The SMILES string of the molecule is Nc1ncc(C(=O)N2CCCCCCC2)c2ccccc12. The van der Waals surface area contributed by atoms with Crippen LogP contribution in [0.1, 0.15) is 42.5 Å². The Labute approximate surface area is 125 Å². The van der Waals surface area contributed by atoms with Crippen LogP contribution < -0.4 is 5.73 Å². The van der Waals surface area contributed by atoms with E-state index in [9.17, 15) is 4.79 Å². The molecular formula is C17H21N3O. The van der Waals surface area contributed by atoms with Crippen LogP contribution in [-0.4, -0.2) is 28.9 Å². The van der Waals surface area contributed by atoms with E-state index in [0.29, 0.717) is 11.4 Å². The molecule has 110 valence electrons. The molecule has 0 radical (unpaired) electrons. The number of nitrogen functional groups attached to an aromatic ring is 1. The number of likely N-dealkylation sites (tertiary alicyclic amines) is 1. The summed E-state index contributed by atoms with van der Waals surface area (Å²) in [5, 5.41) is 1.76. The van der Waals surface area contributed by atoms with Gasteiger partial charge in [-0.1, -0.05) is 43.5 Å². The van der Waals surface area contributed by atoms with Crippen molar-refractivity contribution in [1.29, 1.82) is 0 Å². The van der Waals surface area contributed by atoms with Crippen LogP contribution in [0.5, 0.6) is 0 Å². The Bertz CT molecular complexity index is 646. The molecule has 0 aliphatic carbocycles. The van der Waals surface area contributed by atoms with Crippen LogP contribution in [0.3, 0.4) is 0 Å². The minimum atomic E-state index is 0.0839. The molecule has 1 saturated heterocycles. The van der Waals surface area contributed by atoms with E-state index >= 15 is 0 Å². The number of fused-ring (bicyclic) bond motifs is 1. The Morgan fingerprint density at radius 3 is 2.33 bits per heavy atom. The number of pyridine rings is 1. The summed E-state index contributed by atoms with van der Waals surface area (Å²) in [5.74, 6) is 0.565. The number of nitrogens with zero attached hydrogens (tertiary/aromatic N) is 2. The third kappa shape index (κ3) is 2.84. The molecular weight excluding hydrogens is 262 g/mol. The number of hydrogen-bond acceptors (Lipinski definition) is 3. The number of hydrogen-bond donors (Lipinski definition) is 1. The molecule has 1 aliphatic heterocycles. The fourth-order valence-electron chi connectivity index (χ4n) is 3.01. The van der Waals surface area contributed by atoms with Gasteiger partial charge < -0.3 is 10.6 Å². The van der Waals surface area contributed by atoms with E-state index in [1.807, 2.05) is 29.2 Å². The largest absolute Gasteiger partial charge is 0.383 e. The minimum absolute atomic E-state index is 0.0839. The van der Waals surface area contributed by atoms with Crippen LogP contribution in [0, 0.1) is 0 Å². The average Bonchev–Trinajstić information content (AvgIpc) is 2.47. The molecule has 2 aromatic rings. The summed E-state index contributed by atoms with van der Waals surface area (Å²) in [6.45, 7) is 1.69. The van der Waals surface area contributed by atoms with Crippen molar-refractivity contribution in [1.82, 2.24) is 9.88 Å². The Hall–Kier alpha value is -2.10. The highest BCUT2D eigenvalue weighted by Gasteiger charge is 2.19. The number of carbonyl (C=O) groups excluding carboxylic acids is 1. The number of benzene rings is 1. The second kappa shape index (κ2) is 6.12. The summed E-state index contributed by atoms with van der Waals surface area (Å²) in [6.07, 6.45) is 7.51. The summed E-state index contributed by atoms with van der Waals surface area (Å²) >= 11 is 0. The lowest BCUT2D eigenvalue weighted by Crippen LogP contribution is -2.34. The summed E-state index contributed by atoms with van der Waals surface area (Å²) < 4.78 is 0. The van der Waals surface area contributed by atoms with Gasteiger partial charge in [-0.2, -0.15) is 0 Å². The number of rotatable bonds is 1. The molecule has 2 N–H and O–H groups in total. The van der Waals surface area contributed by atoms with Gasteiger partial charge in [-0.05, 0) is 18.2 Å². The van der Waals surface area contributed by atoms with Gasteiger partial charge in [0.15, 0.2) is 0 Å². The second-order valence-corrected chi connectivity index (χ2v) is 5.66. The van der Waals surface area contributed by atoms with Gasteiger partial charge in [-0.3, -0.25) is 4.79 Å². The second-order valence-electron chi connectivity index (χ2n) is 5.66. The molecule has 0 spiro atoms. The maximum absolute atomic E-state index is 12.8. The number of anilines is 1. The van der Waals surface area contributed by atoms with Crippen LogP contribution >= 0.6 is 0 Å². The smallest absolute Gasteiger partial charge is 0.256 e. The Kier molecular flexibility index (Phi) is 4.04. The van der Waals surface area contributed by atoms with Crippen LogP contribution in [0.15, 0.2) is 30.5 Å². The van der Waals surface area contributed by atoms with E-state index in [2.05, 4.69) is 4.98 Å². The molecule has 21 heavy (non-hydrogen) atoms. The predicted octanol–water partition coefficient (Wildman–Crippen LogP) is 3.22. The van der Waals surface area contributed by atoms with E-state index in [1.165, 1.54) is 19.3 Å². The van der Waals surface area contributed by atoms with E-state index in [0.717, 1.165) is 36.7 Å². The van der Waals surface area contributed by atoms with E-state index < -0.39 is 0 Å². The topological polar surface area (TPSA) is 59.2 Å². The van der Waals surface area contributed by atoms with Crippen LogP contribution in [0.25, 0.3) is 10.8 Å². The Balaban J connectivity index is 1.95. The third-order valence-electron chi connectivity index (χ3n) is 4.20. The van der Waals surface area contributed by atoms with Crippen molar-refractivity contribution in [2.24, 2.45) is 0 Å². The van der Waals surface area contributed by atoms with E-state index in [4.69, 9.17) is 5.73 Å². The highest BCUT2D eigenvalue weighted by molar-refractivity contribution is 6.08. The lowest BCUT2D eigenvalue weighted by molar-refractivity contribution is 0.0744. The summed E-state index contributed by atoms with van der Waals surface area (Å²) in [5.41, 5.74) is 6.58. The Morgan fingerprint density at radius 1 is 1.00 bits per heavy atom. The van der Waals surface area contributed by atoms with Gasteiger partial charge in [0.25, 0.3) is 5.91 Å². The summed E-state index contributed by atoms with van der Waals surface area (Å²) in [6, 6.07) is 7.73. The zero-order valence-electron chi connectivity index (χ0n) is 12.2. The fraction of sp³-hybridized carbons (Fsp3) is 0.412. The molecule has 0 unspecified atom stereocenters. The first-order valence-corrected chi connectivity index (χ1v) is 7.70. The van der Waals surface area contributed by atoms with Crippen molar-refractivity contribution in [3.8, 4) is 0 Å². The lowest BCUT2D eigenvalue weighted by atomic mass is 10.0. The monoisotopic (exact) mass is 283 g/mol. The van der Waals surface area contributed by atoms with Crippen molar-refractivity contribution in [2.45, 2.75) is 32.1 Å². The minimum Gasteiger partial charge on any atom is -0.383 e. The van der Waals surface area contributed by atoms with Crippen molar-refractivity contribution >= 4 is 22.5 Å². The zero-order chi connectivity index (χ0) is 14.7. The highest BCUT2D eigenvalue weighted by Crippen LogP contribution is 2.24. The average molecular weight is 283 g/mol. The first-order valence-electron chi connectivity index (χ1n) is 7.70. The maximum Gasteiger partial charge on any atom is 0.256 e.